The van der Waals surface area contributed by atoms with Crippen molar-refractivity contribution in [1.82, 2.24) is 9.88 Å². The quantitative estimate of drug-likeness (QED) is 0.551. The number of nitrogens with one attached hydrogen (secondary N) is 1. The van der Waals surface area contributed by atoms with Crippen molar-refractivity contribution in [2.24, 2.45) is 5.92 Å². The van der Waals surface area contributed by atoms with Crippen molar-refractivity contribution >= 4 is 34.4 Å². The molecule has 0 fully saturated rings. The summed E-state index contributed by atoms with van der Waals surface area (Å²) in [4.78, 5) is 43.5. The molecule has 8 nitrogen and oxygen atoms in total. The summed E-state index contributed by atoms with van der Waals surface area (Å²) in [5.74, 6) is 0.460. The molecule has 160 valence electrons. The second kappa shape index (κ2) is 9.71. The Bertz CT molecular complexity index is 923. The van der Waals surface area contributed by atoms with Crippen LogP contribution in [-0.2, 0) is 22.5 Å². The van der Waals surface area contributed by atoms with Crippen molar-refractivity contribution in [1.29, 1.82) is 0 Å². The first kappa shape index (κ1) is 21.8. The van der Waals surface area contributed by atoms with Gasteiger partial charge in [-0.2, -0.15) is 0 Å². The normalized spacial score (nSPS) is 13.0. The van der Waals surface area contributed by atoms with Gasteiger partial charge in [-0.15, -0.1) is 0 Å². The first-order valence-corrected chi connectivity index (χ1v) is 10.7. The minimum atomic E-state index is -0.788. The molecule has 0 saturated heterocycles. The zero-order valence-corrected chi connectivity index (χ0v) is 18.1. The van der Waals surface area contributed by atoms with E-state index in [1.165, 1.54) is 23.5 Å². The number of carbonyl (C=O) groups is 3. The number of hydrogen-bond acceptors (Lipinski definition) is 7. The summed E-state index contributed by atoms with van der Waals surface area (Å²) in [7, 11) is 0. The molecule has 2 aromatic rings. The van der Waals surface area contributed by atoms with Crippen LogP contribution in [0.25, 0.3) is 0 Å². The number of rotatable bonds is 6. The van der Waals surface area contributed by atoms with Crippen molar-refractivity contribution in [2.45, 2.75) is 40.2 Å². The third-order valence-corrected chi connectivity index (χ3v) is 5.46. The lowest BCUT2D eigenvalue weighted by Crippen LogP contribution is -2.36. The smallest absolute Gasteiger partial charge is 0.434 e. The molecular weight excluding hydrogens is 406 g/mol. The number of aromatic nitrogens is 1. The zero-order chi connectivity index (χ0) is 21.7. The van der Waals surface area contributed by atoms with E-state index in [1.807, 2.05) is 18.7 Å². The number of amides is 2. The Balaban J connectivity index is 1.60. The molecule has 1 aromatic carbocycles. The van der Waals surface area contributed by atoms with Crippen LogP contribution in [-0.4, -0.2) is 41.0 Å². The Kier molecular flexibility index (Phi) is 7.04. The average Bonchev–Trinajstić information content (AvgIpc) is 3.09. The minimum Gasteiger partial charge on any atom is -0.434 e. The number of benzene rings is 1. The van der Waals surface area contributed by atoms with E-state index < -0.39 is 6.16 Å². The van der Waals surface area contributed by atoms with E-state index in [1.54, 1.807) is 19.1 Å². The highest BCUT2D eigenvalue weighted by atomic mass is 32.1. The number of thiazole rings is 1. The van der Waals surface area contributed by atoms with Crippen molar-refractivity contribution in [3.05, 3.63) is 40.4 Å². The number of nitrogens with zero attached hydrogens (tertiary/aromatic N) is 2. The van der Waals surface area contributed by atoms with Crippen LogP contribution in [0.5, 0.6) is 5.75 Å². The summed E-state index contributed by atoms with van der Waals surface area (Å²) in [6.45, 7) is 7.16. The molecule has 0 saturated carbocycles. The summed E-state index contributed by atoms with van der Waals surface area (Å²) in [5, 5.41) is 3.31. The maximum atomic E-state index is 12.5. The van der Waals surface area contributed by atoms with Crippen molar-refractivity contribution in [3.63, 3.8) is 0 Å². The largest absolute Gasteiger partial charge is 0.513 e. The van der Waals surface area contributed by atoms with Gasteiger partial charge in [-0.05, 0) is 37.1 Å². The number of anilines is 1. The van der Waals surface area contributed by atoms with Crippen LogP contribution >= 0.6 is 11.3 Å². The van der Waals surface area contributed by atoms with Gasteiger partial charge in [0.05, 0.1) is 18.8 Å². The van der Waals surface area contributed by atoms with E-state index >= 15 is 0 Å². The topological polar surface area (TPSA) is 97.8 Å². The van der Waals surface area contributed by atoms with Crippen LogP contribution in [0.15, 0.2) is 24.3 Å². The van der Waals surface area contributed by atoms with E-state index in [9.17, 15) is 14.4 Å². The van der Waals surface area contributed by atoms with Crippen molar-refractivity contribution < 1.29 is 23.9 Å². The van der Waals surface area contributed by atoms with Gasteiger partial charge in [0.25, 0.3) is 5.91 Å². The summed E-state index contributed by atoms with van der Waals surface area (Å²) in [6, 6.07) is 6.17. The number of fused-ring (bicyclic) bond motifs is 1. The van der Waals surface area contributed by atoms with E-state index in [0.717, 1.165) is 10.6 Å². The lowest BCUT2D eigenvalue weighted by atomic mass is 10.1. The molecule has 1 aliphatic rings. The summed E-state index contributed by atoms with van der Waals surface area (Å²) >= 11 is 1.39. The highest BCUT2D eigenvalue weighted by Gasteiger charge is 2.25. The van der Waals surface area contributed by atoms with Gasteiger partial charge >= 0.3 is 6.16 Å². The highest BCUT2D eigenvalue weighted by Crippen LogP contribution is 2.29. The predicted octanol–water partition coefficient (Wildman–Crippen LogP) is 3.86. The molecule has 1 aromatic heterocycles. The fourth-order valence-corrected chi connectivity index (χ4v) is 4.05. The lowest BCUT2D eigenvalue weighted by Gasteiger charge is -2.26. The van der Waals surface area contributed by atoms with Crippen molar-refractivity contribution in [2.75, 3.05) is 18.5 Å². The standard InChI is InChI=1S/C21H25N3O5S/c1-4-28-21(27)29-15-7-5-14(6-8-15)19(26)23-20-22-16-9-10-24(12-17(16)30-20)18(25)11-13(2)3/h5-8,13H,4,9-12H2,1-3H3,(H,22,23,26). The monoisotopic (exact) mass is 431 g/mol. The lowest BCUT2D eigenvalue weighted by molar-refractivity contribution is -0.132. The first-order valence-electron chi connectivity index (χ1n) is 9.88. The molecule has 0 atom stereocenters. The van der Waals surface area contributed by atoms with Gasteiger partial charge in [0.15, 0.2) is 5.13 Å². The molecule has 1 N–H and O–H groups in total. The second-order valence-electron chi connectivity index (χ2n) is 7.32. The van der Waals surface area contributed by atoms with Gasteiger partial charge < -0.3 is 14.4 Å². The van der Waals surface area contributed by atoms with Crippen LogP contribution in [0.3, 0.4) is 0 Å². The molecule has 3 rings (SSSR count). The zero-order valence-electron chi connectivity index (χ0n) is 17.3. The fraction of sp³-hybridized carbons (Fsp3) is 0.429. The van der Waals surface area contributed by atoms with Crippen LogP contribution in [0, 0.1) is 5.92 Å². The van der Waals surface area contributed by atoms with Crippen LogP contribution < -0.4 is 10.1 Å². The fourth-order valence-electron chi connectivity index (χ4n) is 3.03. The average molecular weight is 432 g/mol. The van der Waals surface area contributed by atoms with Gasteiger partial charge in [0.1, 0.15) is 5.75 Å². The van der Waals surface area contributed by atoms with Crippen LogP contribution in [0.4, 0.5) is 9.93 Å². The molecule has 2 amide bonds. The Hall–Kier alpha value is -2.94. The Morgan fingerprint density at radius 2 is 1.97 bits per heavy atom. The Morgan fingerprint density at radius 3 is 2.63 bits per heavy atom. The van der Waals surface area contributed by atoms with E-state index in [2.05, 4.69) is 10.3 Å². The summed E-state index contributed by atoms with van der Waals surface area (Å²) < 4.78 is 9.69. The third kappa shape index (κ3) is 5.56. The SMILES string of the molecule is CCOC(=O)Oc1ccc(C(=O)Nc2nc3c(s2)CN(C(=O)CC(C)C)CC3)cc1. The maximum Gasteiger partial charge on any atom is 0.513 e. The van der Waals surface area contributed by atoms with E-state index in [0.29, 0.717) is 48.3 Å². The Morgan fingerprint density at radius 1 is 1.23 bits per heavy atom. The van der Waals surface area contributed by atoms with Gasteiger partial charge in [-0.1, -0.05) is 25.2 Å². The van der Waals surface area contributed by atoms with E-state index in [-0.39, 0.29) is 18.4 Å². The number of hydrogen-bond donors (Lipinski definition) is 1. The second-order valence-corrected chi connectivity index (χ2v) is 8.40. The maximum absolute atomic E-state index is 12.5. The molecule has 2 heterocycles. The van der Waals surface area contributed by atoms with Gasteiger partial charge in [0.2, 0.25) is 5.91 Å². The van der Waals surface area contributed by atoms with Crippen LogP contribution in [0.1, 0.15) is 48.1 Å². The number of ether oxygens (including phenoxy) is 2. The van der Waals surface area contributed by atoms with Crippen molar-refractivity contribution in [3.8, 4) is 5.75 Å². The molecule has 9 heteroatoms. The molecule has 0 radical (unpaired) electrons. The van der Waals surface area contributed by atoms with Gasteiger partial charge in [-0.25, -0.2) is 9.78 Å². The highest BCUT2D eigenvalue weighted by molar-refractivity contribution is 7.15. The van der Waals surface area contributed by atoms with Crippen LogP contribution in [0.2, 0.25) is 0 Å². The molecule has 1 aliphatic heterocycles. The number of carbonyl (C=O) groups excluding carboxylic acids is 3. The molecule has 0 bridgehead atoms. The predicted molar refractivity (Wildman–Crippen MR) is 113 cm³/mol. The molecule has 0 unspecified atom stereocenters. The first-order chi connectivity index (χ1) is 14.4. The molecule has 30 heavy (non-hydrogen) atoms. The summed E-state index contributed by atoms with van der Waals surface area (Å²) in [6.07, 6.45) is 0.433. The summed E-state index contributed by atoms with van der Waals surface area (Å²) in [5.41, 5.74) is 1.34. The third-order valence-electron chi connectivity index (χ3n) is 4.47. The van der Waals surface area contributed by atoms with Gasteiger partial charge in [-0.3, -0.25) is 14.9 Å². The minimum absolute atomic E-state index is 0.153. The Labute approximate surface area is 179 Å². The molecule has 0 spiro atoms. The molecular formula is C21H25N3O5S. The van der Waals surface area contributed by atoms with E-state index in [4.69, 9.17) is 9.47 Å². The molecule has 0 aliphatic carbocycles. The van der Waals surface area contributed by atoms with Gasteiger partial charge in [0, 0.05) is 29.8 Å².